The zero-order valence-corrected chi connectivity index (χ0v) is 15.1. The molecule has 2 rings (SSSR count). The molecule has 2 aromatic rings. The van der Waals surface area contributed by atoms with Crippen LogP contribution in [0.15, 0.2) is 48.8 Å². The lowest BCUT2D eigenvalue weighted by molar-refractivity contribution is -0.121. The molecular formula is C20H27N3O2. The number of methoxy groups -OCH3 is 1. The molecule has 1 aromatic heterocycles. The van der Waals surface area contributed by atoms with Crippen LogP contribution in [0.2, 0.25) is 0 Å². The quantitative estimate of drug-likeness (QED) is 0.720. The number of nitrogens with one attached hydrogen (secondary N) is 1. The highest BCUT2D eigenvalue weighted by Crippen LogP contribution is 2.12. The van der Waals surface area contributed by atoms with E-state index in [1.165, 1.54) is 5.56 Å². The first-order chi connectivity index (χ1) is 12.2. The van der Waals surface area contributed by atoms with Gasteiger partial charge in [-0.05, 0) is 55.3 Å². The number of likely N-dealkylation sites (N-methyl/N-ethyl adjacent to an activating group) is 1. The van der Waals surface area contributed by atoms with Crippen LogP contribution in [0.25, 0.3) is 0 Å². The molecule has 1 aromatic carbocycles. The van der Waals surface area contributed by atoms with E-state index in [-0.39, 0.29) is 5.91 Å². The minimum atomic E-state index is 0.0960. The SMILES string of the molecule is COc1cccc(CCNC(=O)CCN(C)CCc2ccncc2)c1. The van der Waals surface area contributed by atoms with Gasteiger partial charge in [-0.2, -0.15) is 0 Å². The third-order valence-corrected chi connectivity index (χ3v) is 4.12. The van der Waals surface area contributed by atoms with Gasteiger partial charge in [-0.1, -0.05) is 12.1 Å². The zero-order chi connectivity index (χ0) is 17.9. The van der Waals surface area contributed by atoms with Crippen LogP contribution in [0, 0.1) is 0 Å². The van der Waals surface area contributed by atoms with Gasteiger partial charge in [0.05, 0.1) is 7.11 Å². The normalized spacial score (nSPS) is 10.7. The molecule has 0 spiro atoms. The smallest absolute Gasteiger partial charge is 0.221 e. The number of aromatic nitrogens is 1. The van der Waals surface area contributed by atoms with Gasteiger partial charge in [-0.15, -0.1) is 0 Å². The van der Waals surface area contributed by atoms with Crippen molar-refractivity contribution in [1.82, 2.24) is 15.2 Å². The van der Waals surface area contributed by atoms with E-state index in [4.69, 9.17) is 4.74 Å². The van der Waals surface area contributed by atoms with Crippen molar-refractivity contribution in [3.05, 3.63) is 59.9 Å². The van der Waals surface area contributed by atoms with Crippen molar-refractivity contribution >= 4 is 5.91 Å². The Bertz CT molecular complexity index is 646. The summed E-state index contributed by atoms with van der Waals surface area (Å²) < 4.78 is 5.21. The third-order valence-electron chi connectivity index (χ3n) is 4.12. The number of hydrogen-bond donors (Lipinski definition) is 1. The summed E-state index contributed by atoms with van der Waals surface area (Å²) in [5, 5.41) is 2.98. The van der Waals surface area contributed by atoms with Crippen molar-refractivity contribution in [2.45, 2.75) is 19.3 Å². The maximum Gasteiger partial charge on any atom is 0.221 e. The molecule has 5 heteroatoms. The lowest BCUT2D eigenvalue weighted by Crippen LogP contribution is -2.31. The monoisotopic (exact) mass is 341 g/mol. The molecule has 0 aliphatic heterocycles. The molecule has 25 heavy (non-hydrogen) atoms. The van der Waals surface area contributed by atoms with E-state index in [0.717, 1.165) is 37.2 Å². The van der Waals surface area contributed by atoms with Crippen LogP contribution in [0.4, 0.5) is 0 Å². The van der Waals surface area contributed by atoms with Gasteiger partial charge in [0.2, 0.25) is 5.91 Å². The summed E-state index contributed by atoms with van der Waals surface area (Å²) in [5.74, 6) is 0.943. The Labute approximate surface area is 150 Å². The van der Waals surface area contributed by atoms with Gasteiger partial charge in [0, 0.05) is 38.4 Å². The summed E-state index contributed by atoms with van der Waals surface area (Å²) >= 11 is 0. The summed E-state index contributed by atoms with van der Waals surface area (Å²) in [6.07, 6.45) is 5.92. The van der Waals surface area contributed by atoms with E-state index < -0.39 is 0 Å². The highest BCUT2D eigenvalue weighted by molar-refractivity contribution is 5.76. The Hall–Kier alpha value is -2.40. The number of nitrogens with zero attached hydrogens (tertiary/aromatic N) is 2. The van der Waals surface area contributed by atoms with Crippen LogP contribution in [0.1, 0.15) is 17.5 Å². The van der Waals surface area contributed by atoms with Crippen LogP contribution in [0.5, 0.6) is 5.75 Å². The molecule has 0 fully saturated rings. The molecule has 134 valence electrons. The number of carbonyl (C=O) groups is 1. The van der Waals surface area contributed by atoms with Gasteiger partial charge in [0.1, 0.15) is 5.75 Å². The Morgan fingerprint density at radius 3 is 2.68 bits per heavy atom. The number of ether oxygens (including phenoxy) is 1. The lowest BCUT2D eigenvalue weighted by Gasteiger charge is -2.16. The number of amides is 1. The molecule has 0 radical (unpaired) electrons. The van der Waals surface area contributed by atoms with Crippen molar-refractivity contribution in [2.75, 3.05) is 33.8 Å². The first kappa shape index (κ1) is 18.9. The largest absolute Gasteiger partial charge is 0.497 e. The van der Waals surface area contributed by atoms with Gasteiger partial charge < -0.3 is 15.0 Å². The number of hydrogen-bond acceptors (Lipinski definition) is 4. The molecule has 0 atom stereocenters. The number of benzene rings is 1. The summed E-state index contributed by atoms with van der Waals surface area (Å²) in [5.41, 5.74) is 2.43. The average molecular weight is 341 g/mol. The van der Waals surface area contributed by atoms with E-state index in [0.29, 0.717) is 13.0 Å². The summed E-state index contributed by atoms with van der Waals surface area (Å²) in [6, 6.07) is 12.0. The van der Waals surface area contributed by atoms with Gasteiger partial charge in [-0.3, -0.25) is 9.78 Å². The molecule has 0 saturated carbocycles. The second kappa shape index (κ2) is 10.5. The van der Waals surface area contributed by atoms with Crippen LogP contribution in [-0.2, 0) is 17.6 Å². The molecule has 1 amide bonds. The standard InChI is InChI=1S/C20H27N3O2/c1-23(14-9-17-6-11-21-12-7-17)15-10-20(24)22-13-8-18-4-3-5-19(16-18)25-2/h3-7,11-12,16H,8-10,13-15H2,1-2H3,(H,22,24). The van der Waals surface area contributed by atoms with Crippen molar-refractivity contribution in [3.63, 3.8) is 0 Å². The Morgan fingerprint density at radius 1 is 1.12 bits per heavy atom. The van der Waals surface area contributed by atoms with Crippen molar-refractivity contribution in [2.24, 2.45) is 0 Å². The third kappa shape index (κ3) is 7.35. The Morgan fingerprint density at radius 2 is 1.92 bits per heavy atom. The molecule has 0 unspecified atom stereocenters. The first-order valence-electron chi connectivity index (χ1n) is 8.64. The van der Waals surface area contributed by atoms with Crippen LogP contribution >= 0.6 is 0 Å². The molecule has 5 nitrogen and oxygen atoms in total. The van der Waals surface area contributed by atoms with Crippen molar-refractivity contribution in [1.29, 1.82) is 0 Å². The maximum atomic E-state index is 12.0. The van der Waals surface area contributed by atoms with Crippen molar-refractivity contribution < 1.29 is 9.53 Å². The molecule has 0 aliphatic carbocycles. The molecule has 0 bridgehead atoms. The molecule has 1 heterocycles. The predicted octanol–water partition coefficient (Wildman–Crippen LogP) is 2.31. The van der Waals surface area contributed by atoms with Crippen molar-refractivity contribution in [3.8, 4) is 5.75 Å². The van der Waals surface area contributed by atoms with E-state index in [2.05, 4.69) is 15.2 Å². The molecular weight excluding hydrogens is 314 g/mol. The minimum absolute atomic E-state index is 0.0960. The molecule has 0 aliphatic rings. The van der Waals surface area contributed by atoms with Crippen LogP contribution in [0.3, 0.4) is 0 Å². The number of pyridine rings is 1. The summed E-state index contributed by atoms with van der Waals surface area (Å²) in [7, 11) is 3.71. The van der Waals surface area contributed by atoms with E-state index in [9.17, 15) is 4.79 Å². The molecule has 1 N–H and O–H groups in total. The van der Waals surface area contributed by atoms with E-state index in [1.807, 2.05) is 55.8 Å². The number of carbonyl (C=O) groups excluding carboxylic acids is 1. The maximum absolute atomic E-state index is 12.0. The fraction of sp³-hybridized carbons (Fsp3) is 0.400. The predicted molar refractivity (Wildman–Crippen MR) is 99.8 cm³/mol. The number of rotatable bonds is 10. The van der Waals surface area contributed by atoms with Gasteiger partial charge >= 0.3 is 0 Å². The zero-order valence-electron chi connectivity index (χ0n) is 15.1. The minimum Gasteiger partial charge on any atom is -0.497 e. The average Bonchev–Trinajstić information content (AvgIpc) is 2.65. The van der Waals surface area contributed by atoms with Gasteiger partial charge in [0.15, 0.2) is 0 Å². The topological polar surface area (TPSA) is 54.5 Å². The van der Waals surface area contributed by atoms with Crippen LogP contribution < -0.4 is 10.1 Å². The van der Waals surface area contributed by atoms with Crippen LogP contribution in [-0.4, -0.2) is 49.6 Å². The first-order valence-corrected chi connectivity index (χ1v) is 8.64. The van der Waals surface area contributed by atoms with E-state index >= 15 is 0 Å². The fourth-order valence-electron chi connectivity index (χ4n) is 2.54. The highest BCUT2D eigenvalue weighted by atomic mass is 16.5. The highest BCUT2D eigenvalue weighted by Gasteiger charge is 2.05. The summed E-state index contributed by atoms with van der Waals surface area (Å²) in [6.45, 7) is 2.34. The Kier molecular flexibility index (Phi) is 7.92. The fourth-order valence-corrected chi connectivity index (χ4v) is 2.54. The van der Waals surface area contributed by atoms with Gasteiger partial charge in [-0.25, -0.2) is 0 Å². The van der Waals surface area contributed by atoms with Gasteiger partial charge in [0.25, 0.3) is 0 Å². The Balaban J connectivity index is 1.60. The second-order valence-corrected chi connectivity index (χ2v) is 6.11. The second-order valence-electron chi connectivity index (χ2n) is 6.11. The lowest BCUT2D eigenvalue weighted by atomic mass is 10.1. The molecule has 0 saturated heterocycles. The summed E-state index contributed by atoms with van der Waals surface area (Å²) in [4.78, 5) is 18.2. The van der Waals surface area contributed by atoms with E-state index in [1.54, 1.807) is 7.11 Å².